The molecule has 0 aromatic heterocycles. The number of ether oxygens (including phenoxy) is 1. The van der Waals surface area contributed by atoms with E-state index in [1.165, 1.54) is 24.3 Å². The summed E-state index contributed by atoms with van der Waals surface area (Å²) in [4.78, 5) is 12.9. The molecular weight excluding hydrogens is 504 g/mol. The number of amides is 1. The lowest BCUT2D eigenvalue weighted by atomic mass is 10.3. The van der Waals surface area contributed by atoms with Gasteiger partial charge in [0.05, 0.1) is 22.9 Å². The van der Waals surface area contributed by atoms with Gasteiger partial charge >= 0.3 is 0 Å². The Morgan fingerprint density at radius 2 is 1.68 bits per heavy atom. The number of rotatable bonds is 8. The van der Waals surface area contributed by atoms with Crippen LogP contribution in [0, 0.1) is 0 Å². The first kappa shape index (κ1) is 23.1. The van der Waals surface area contributed by atoms with E-state index in [4.69, 9.17) is 16.3 Å². The SMILES string of the molecule is CCOc1ccccc1N(CC(=O)Nc1ccccc1Br)S(=O)(=O)c1ccc(Cl)cc1. The van der Waals surface area contributed by atoms with Gasteiger partial charge in [-0.3, -0.25) is 9.10 Å². The van der Waals surface area contributed by atoms with Gasteiger partial charge in [0.1, 0.15) is 12.3 Å². The van der Waals surface area contributed by atoms with Crippen LogP contribution in [0.2, 0.25) is 5.02 Å². The third kappa shape index (κ3) is 5.58. The van der Waals surface area contributed by atoms with Crippen molar-refractivity contribution in [2.45, 2.75) is 11.8 Å². The number of nitrogens with zero attached hydrogens (tertiary/aromatic N) is 1. The van der Waals surface area contributed by atoms with Crippen LogP contribution in [0.1, 0.15) is 6.92 Å². The molecule has 0 spiro atoms. The third-order valence-corrected chi connectivity index (χ3v) is 6.99. The highest BCUT2D eigenvalue weighted by Crippen LogP contribution is 2.33. The van der Waals surface area contributed by atoms with Crippen LogP contribution in [-0.4, -0.2) is 27.5 Å². The van der Waals surface area contributed by atoms with Crippen molar-refractivity contribution in [1.82, 2.24) is 0 Å². The molecule has 0 unspecified atom stereocenters. The maximum absolute atomic E-state index is 13.5. The van der Waals surface area contributed by atoms with Gasteiger partial charge in [-0.05, 0) is 71.4 Å². The number of sulfonamides is 1. The van der Waals surface area contributed by atoms with Crippen molar-refractivity contribution < 1.29 is 17.9 Å². The van der Waals surface area contributed by atoms with E-state index in [0.717, 1.165) is 4.31 Å². The van der Waals surface area contributed by atoms with E-state index in [2.05, 4.69) is 21.2 Å². The van der Waals surface area contributed by atoms with Gasteiger partial charge < -0.3 is 10.1 Å². The zero-order chi connectivity index (χ0) is 22.4. The molecule has 0 aliphatic rings. The van der Waals surface area contributed by atoms with E-state index >= 15 is 0 Å². The van der Waals surface area contributed by atoms with Crippen LogP contribution in [0.25, 0.3) is 0 Å². The second-order valence-corrected chi connectivity index (χ2v) is 9.55. The zero-order valence-corrected chi connectivity index (χ0v) is 19.7. The summed E-state index contributed by atoms with van der Waals surface area (Å²) in [5.41, 5.74) is 0.802. The van der Waals surface area contributed by atoms with Crippen LogP contribution in [0.3, 0.4) is 0 Å². The van der Waals surface area contributed by atoms with Gasteiger partial charge in [-0.25, -0.2) is 8.42 Å². The minimum atomic E-state index is -4.09. The van der Waals surface area contributed by atoms with Crippen molar-refractivity contribution in [3.05, 3.63) is 82.3 Å². The first-order valence-electron chi connectivity index (χ1n) is 9.37. The minimum Gasteiger partial charge on any atom is -0.492 e. The molecule has 0 saturated heterocycles. The van der Waals surface area contributed by atoms with Gasteiger partial charge in [0, 0.05) is 9.50 Å². The first-order chi connectivity index (χ1) is 14.8. The van der Waals surface area contributed by atoms with Crippen molar-refractivity contribution in [2.75, 3.05) is 22.8 Å². The average Bonchev–Trinajstić information content (AvgIpc) is 2.75. The summed E-state index contributed by atoms with van der Waals surface area (Å²) < 4.78 is 34.3. The topological polar surface area (TPSA) is 75.7 Å². The fourth-order valence-corrected chi connectivity index (χ4v) is 4.80. The summed E-state index contributed by atoms with van der Waals surface area (Å²) in [6.07, 6.45) is 0. The highest BCUT2D eigenvalue weighted by Gasteiger charge is 2.29. The number of nitrogens with one attached hydrogen (secondary N) is 1. The lowest BCUT2D eigenvalue weighted by Gasteiger charge is -2.26. The van der Waals surface area contributed by atoms with E-state index in [1.54, 1.807) is 49.4 Å². The van der Waals surface area contributed by atoms with E-state index in [-0.39, 0.29) is 10.6 Å². The molecule has 3 aromatic rings. The van der Waals surface area contributed by atoms with Crippen LogP contribution in [0.4, 0.5) is 11.4 Å². The number of carbonyl (C=O) groups excluding carboxylic acids is 1. The summed E-state index contributed by atoms with van der Waals surface area (Å²) in [6, 6.07) is 19.6. The lowest BCUT2D eigenvalue weighted by molar-refractivity contribution is -0.114. The average molecular weight is 524 g/mol. The van der Waals surface area contributed by atoms with E-state index in [9.17, 15) is 13.2 Å². The number of anilines is 2. The van der Waals surface area contributed by atoms with Crippen LogP contribution < -0.4 is 14.4 Å². The molecule has 9 heteroatoms. The Labute approximate surface area is 195 Å². The molecule has 3 aromatic carbocycles. The smallest absolute Gasteiger partial charge is 0.264 e. The van der Waals surface area contributed by atoms with Crippen molar-refractivity contribution in [2.24, 2.45) is 0 Å². The van der Waals surface area contributed by atoms with Crippen molar-refractivity contribution in [1.29, 1.82) is 0 Å². The maximum Gasteiger partial charge on any atom is 0.264 e. The normalized spacial score (nSPS) is 11.1. The molecule has 0 radical (unpaired) electrons. The molecule has 31 heavy (non-hydrogen) atoms. The molecule has 0 bridgehead atoms. The maximum atomic E-state index is 13.5. The minimum absolute atomic E-state index is 0.0110. The number of halogens is 2. The zero-order valence-electron chi connectivity index (χ0n) is 16.6. The molecule has 0 fully saturated rings. The summed E-state index contributed by atoms with van der Waals surface area (Å²) >= 11 is 9.29. The highest BCUT2D eigenvalue weighted by atomic mass is 79.9. The molecule has 0 aliphatic heterocycles. The Balaban J connectivity index is 2.01. The first-order valence-corrected chi connectivity index (χ1v) is 12.0. The Kier molecular flexibility index (Phi) is 7.59. The highest BCUT2D eigenvalue weighted by molar-refractivity contribution is 9.10. The molecule has 6 nitrogen and oxygen atoms in total. The fourth-order valence-electron chi connectivity index (χ4n) is 2.86. The second-order valence-electron chi connectivity index (χ2n) is 6.39. The molecule has 162 valence electrons. The molecule has 0 heterocycles. The van der Waals surface area contributed by atoms with Gasteiger partial charge in [-0.15, -0.1) is 0 Å². The van der Waals surface area contributed by atoms with Crippen LogP contribution in [0.15, 0.2) is 82.2 Å². The number of benzene rings is 3. The molecule has 0 aliphatic carbocycles. The third-order valence-electron chi connectivity index (χ3n) is 4.27. The summed E-state index contributed by atoms with van der Waals surface area (Å²) in [7, 11) is -4.09. The second kappa shape index (κ2) is 10.2. The number of carbonyl (C=O) groups is 1. The summed E-state index contributed by atoms with van der Waals surface area (Å²) in [5, 5.41) is 3.15. The van der Waals surface area contributed by atoms with Crippen molar-refractivity contribution in [3.8, 4) is 5.75 Å². The van der Waals surface area contributed by atoms with Crippen LogP contribution in [0.5, 0.6) is 5.75 Å². The Bertz CT molecular complexity index is 1170. The number of hydrogen-bond donors (Lipinski definition) is 1. The monoisotopic (exact) mass is 522 g/mol. The summed E-state index contributed by atoms with van der Waals surface area (Å²) in [6.45, 7) is 1.69. The predicted molar refractivity (Wildman–Crippen MR) is 126 cm³/mol. The standard InChI is InChI=1S/C22H20BrClN2O4S/c1-2-30-21-10-6-5-9-20(21)26(31(28,29)17-13-11-16(24)12-14-17)15-22(27)25-19-8-4-3-7-18(19)23/h3-14H,2,15H2,1H3,(H,25,27). The number of hydrogen-bond acceptors (Lipinski definition) is 4. The lowest BCUT2D eigenvalue weighted by Crippen LogP contribution is -2.38. The molecule has 0 atom stereocenters. The Hall–Kier alpha value is -2.55. The largest absolute Gasteiger partial charge is 0.492 e. The van der Waals surface area contributed by atoms with Crippen molar-refractivity contribution in [3.63, 3.8) is 0 Å². The van der Waals surface area contributed by atoms with Gasteiger partial charge in [0.15, 0.2) is 0 Å². The van der Waals surface area contributed by atoms with E-state index < -0.39 is 22.5 Å². The fraction of sp³-hybridized carbons (Fsp3) is 0.136. The van der Waals surface area contributed by atoms with Gasteiger partial charge in [-0.1, -0.05) is 35.9 Å². The van der Waals surface area contributed by atoms with Crippen LogP contribution >= 0.6 is 27.5 Å². The Morgan fingerprint density at radius 1 is 1.03 bits per heavy atom. The Morgan fingerprint density at radius 3 is 2.35 bits per heavy atom. The van der Waals surface area contributed by atoms with Crippen LogP contribution in [-0.2, 0) is 14.8 Å². The molecule has 3 rings (SSSR count). The molecule has 1 amide bonds. The molecule has 1 N–H and O–H groups in total. The predicted octanol–water partition coefficient (Wildman–Crippen LogP) is 5.34. The quantitative estimate of drug-likeness (QED) is 0.433. The summed E-state index contributed by atoms with van der Waals surface area (Å²) in [5.74, 6) is -0.146. The van der Waals surface area contributed by atoms with E-state index in [1.807, 2.05) is 6.07 Å². The van der Waals surface area contributed by atoms with Gasteiger partial charge in [0.25, 0.3) is 10.0 Å². The van der Waals surface area contributed by atoms with Gasteiger partial charge in [-0.2, -0.15) is 0 Å². The van der Waals surface area contributed by atoms with Crippen molar-refractivity contribution >= 4 is 54.8 Å². The number of para-hydroxylation sites is 3. The van der Waals surface area contributed by atoms with E-state index in [0.29, 0.717) is 27.5 Å². The van der Waals surface area contributed by atoms with Gasteiger partial charge in [0.2, 0.25) is 5.91 Å². The molecular formula is C22H20BrClN2O4S. The molecule has 0 saturated carbocycles.